The first kappa shape index (κ1) is 34.6. The molecule has 2 fully saturated rings. The fourth-order valence-electron chi connectivity index (χ4n) is 5.61. The number of methoxy groups -OCH3 is 1. The Hall–Kier alpha value is -4.26. The third-order valence-electron chi connectivity index (χ3n) is 7.79. The van der Waals surface area contributed by atoms with Gasteiger partial charge in [-0.2, -0.15) is 0 Å². The molecular formula is C33H46N6O7. The Morgan fingerprint density at radius 1 is 1.00 bits per heavy atom. The Bertz CT molecular complexity index is 1360. The Morgan fingerprint density at radius 3 is 2.35 bits per heavy atom. The van der Waals surface area contributed by atoms with E-state index in [9.17, 15) is 19.2 Å². The molecular weight excluding hydrogens is 592 g/mol. The highest BCUT2D eigenvalue weighted by Gasteiger charge is 2.33. The van der Waals surface area contributed by atoms with Crippen LogP contribution in [0.15, 0.2) is 36.4 Å². The first-order valence-electron chi connectivity index (χ1n) is 15.9. The van der Waals surface area contributed by atoms with E-state index in [0.29, 0.717) is 31.3 Å². The summed E-state index contributed by atoms with van der Waals surface area (Å²) >= 11 is 0. The van der Waals surface area contributed by atoms with Gasteiger partial charge < -0.3 is 34.2 Å². The standard InChI is InChI=1S/C33H46N6O7/c1-6-45-32(43)38-19-17-37(18-20-38)31(42)25(14-15-28(40)46-33(2,3)4)35-30(41)26-21-27(39-16-10-13-24(39)22-44-5)36-29(34-26)23-11-8-7-9-12-23/h7-9,11-12,21,24-25H,6,10,13-20,22H2,1-5H3,(H,35,41)/t24-,25+/m1/s1. The van der Waals surface area contributed by atoms with Gasteiger partial charge in [0.15, 0.2) is 5.82 Å². The molecule has 13 nitrogen and oxygen atoms in total. The summed E-state index contributed by atoms with van der Waals surface area (Å²) in [5.74, 6) is -0.391. The molecule has 0 saturated carbocycles. The summed E-state index contributed by atoms with van der Waals surface area (Å²) in [5.41, 5.74) is 0.164. The van der Waals surface area contributed by atoms with Crippen LogP contribution in [0, 0.1) is 0 Å². The van der Waals surface area contributed by atoms with Crippen molar-refractivity contribution in [3.8, 4) is 11.4 Å². The molecule has 0 aliphatic carbocycles. The molecule has 2 saturated heterocycles. The van der Waals surface area contributed by atoms with Crippen LogP contribution in [0.1, 0.15) is 63.9 Å². The number of amides is 3. The number of aromatic nitrogens is 2. The van der Waals surface area contributed by atoms with Gasteiger partial charge in [-0.1, -0.05) is 30.3 Å². The number of benzene rings is 1. The quantitative estimate of drug-likeness (QED) is 0.364. The maximum Gasteiger partial charge on any atom is 0.409 e. The molecule has 2 aromatic rings. The summed E-state index contributed by atoms with van der Waals surface area (Å²) in [7, 11) is 1.66. The smallest absolute Gasteiger partial charge is 0.409 e. The molecule has 1 N–H and O–H groups in total. The molecule has 2 atom stereocenters. The van der Waals surface area contributed by atoms with Crippen molar-refractivity contribution in [3.05, 3.63) is 42.1 Å². The van der Waals surface area contributed by atoms with Gasteiger partial charge in [0.1, 0.15) is 23.2 Å². The minimum Gasteiger partial charge on any atom is -0.460 e. The fraction of sp³-hybridized carbons (Fsp3) is 0.576. The van der Waals surface area contributed by atoms with Crippen LogP contribution in [0.4, 0.5) is 10.6 Å². The van der Waals surface area contributed by atoms with Crippen molar-refractivity contribution in [1.29, 1.82) is 0 Å². The molecule has 1 aromatic heterocycles. The minimum absolute atomic E-state index is 0.0309. The number of carbonyl (C=O) groups is 4. The van der Waals surface area contributed by atoms with Gasteiger partial charge in [-0.25, -0.2) is 14.8 Å². The minimum atomic E-state index is -1.03. The predicted octanol–water partition coefficient (Wildman–Crippen LogP) is 3.28. The highest BCUT2D eigenvalue weighted by molar-refractivity contribution is 5.97. The van der Waals surface area contributed by atoms with Gasteiger partial charge in [0.25, 0.3) is 5.91 Å². The first-order valence-corrected chi connectivity index (χ1v) is 15.9. The zero-order valence-corrected chi connectivity index (χ0v) is 27.5. The lowest BCUT2D eigenvalue weighted by Gasteiger charge is -2.36. The average molecular weight is 639 g/mol. The van der Waals surface area contributed by atoms with E-state index in [2.05, 4.69) is 15.2 Å². The third-order valence-corrected chi connectivity index (χ3v) is 7.79. The largest absolute Gasteiger partial charge is 0.460 e. The SMILES string of the molecule is CCOC(=O)N1CCN(C(=O)[C@H](CCC(=O)OC(C)(C)C)NC(=O)c2cc(N3CCC[C@@H]3COC)nc(-c3ccccc3)n2)CC1. The molecule has 4 rings (SSSR count). The van der Waals surface area contributed by atoms with Crippen LogP contribution in [0.25, 0.3) is 11.4 Å². The van der Waals surface area contributed by atoms with E-state index in [-0.39, 0.29) is 50.2 Å². The summed E-state index contributed by atoms with van der Waals surface area (Å²) in [6.45, 7) is 9.72. The van der Waals surface area contributed by atoms with Crippen LogP contribution in [-0.2, 0) is 23.8 Å². The number of ether oxygens (including phenoxy) is 3. The summed E-state index contributed by atoms with van der Waals surface area (Å²) in [6.07, 6.45) is 1.43. The van der Waals surface area contributed by atoms with Crippen LogP contribution in [-0.4, -0.2) is 114 Å². The van der Waals surface area contributed by atoms with Crippen molar-refractivity contribution in [1.82, 2.24) is 25.1 Å². The van der Waals surface area contributed by atoms with Gasteiger partial charge in [-0.3, -0.25) is 14.4 Å². The molecule has 0 spiro atoms. The monoisotopic (exact) mass is 638 g/mol. The van der Waals surface area contributed by atoms with Crippen LogP contribution in [0.5, 0.6) is 0 Å². The predicted molar refractivity (Wildman–Crippen MR) is 171 cm³/mol. The molecule has 1 aromatic carbocycles. The molecule has 3 heterocycles. The molecule has 0 bridgehead atoms. The van der Waals surface area contributed by atoms with E-state index in [4.69, 9.17) is 19.2 Å². The van der Waals surface area contributed by atoms with Gasteiger partial charge in [0.2, 0.25) is 5.91 Å². The molecule has 2 aliphatic heterocycles. The molecule has 3 amide bonds. The van der Waals surface area contributed by atoms with Crippen molar-refractivity contribution in [2.24, 2.45) is 0 Å². The Morgan fingerprint density at radius 2 is 1.70 bits per heavy atom. The lowest BCUT2D eigenvalue weighted by Crippen LogP contribution is -2.56. The second-order valence-corrected chi connectivity index (χ2v) is 12.4. The molecule has 0 unspecified atom stereocenters. The van der Waals surface area contributed by atoms with Crippen molar-refractivity contribution in [2.45, 2.75) is 71.1 Å². The normalized spacial score (nSPS) is 17.4. The number of piperazine rings is 1. The molecule has 46 heavy (non-hydrogen) atoms. The van der Waals surface area contributed by atoms with E-state index in [1.807, 2.05) is 30.3 Å². The van der Waals surface area contributed by atoms with Crippen molar-refractivity contribution in [2.75, 3.05) is 57.9 Å². The van der Waals surface area contributed by atoms with E-state index in [1.165, 1.54) is 0 Å². The van der Waals surface area contributed by atoms with Crippen LogP contribution < -0.4 is 10.2 Å². The summed E-state index contributed by atoms with van der Waals surface area (Å²) in [6, 6.07) is 10.1. The van der Waals surface area contributed by atoms with Gasteiger partial charge in [0.05, 0.1) is 19.3 Å². The van der Waals surface area contributed by atoms with Crippen molar-refractivity contribution >= 4 is 29.7 Å². The third kappa shape index (κ3) is 9.38. The summed E-state index contributed by atoms with van der Waals surface area (Å²) in [4.78, 5) is 67.2. The molecule has 2 aliphatic rings. The maximum atomic E-state index is 13.9. The average Bonchev–Trinajstić information content (AvgIpc) is 3.50. The lowest BCUT2D eigenvalue weighted by molar-refractivity contribution is -0.155. The molecule has 0 radical (unpaired) electrons. The molecule has 250 valence electrons. The lowest BCUT2D eigenvalue weighted by atomic mass is 10.1. The van der Waals surface area contributed by atoms with Gasteiger partial charge in [-0.15, -0.1) is 0 Å². The number of nitrogens with zero attached hydrogens (tertiary/aromatic N) is 5. The highest BCUT2D eigenvalue weighted by Crippen LogP contribution is 2.27. The summed E-state index contributed by atoms with van der Waals surface area (Å²) in [5, 5.41) is 2.86. The Kier molecular flexibility index (Phi) is 11.9. The number of hydrogen-bond donors (Lipinski definition) is 1. The highest BCUT2D eigenvalue weighted by atomic mass is 16.6. The van der Waals surface area contributed by atoms with E-state index >= 15 is 0 Å². The maximum absolute atomic E-state index is 13.9. The fourth-order valence-corrected chi connectivity index (χ4v) is 5.61. The number of carbonyl (C=O) groups excluding carboxylic acids is 4. The number of anilines is 1. The number of rotatable bonds is 11. The van der Waals surface area contributed by atoms with Crippen molar-refractivity contribution < 1.29 is 33.4 Å². The second kappa shape index (κ2) is 15.8. The zero-order valence-electron chi connectivity index (χ0n) is 27.5. The van der Waals surface area contributed by atoms with Crippen LogP contribution in [0.2, 0.25) is 0 Å². The number of hydrogen-bond acceptors (Lipinski definition) is 10. The first-order chi connectivity index (χ1) is 22.0. The van der Waals surface area contributed by atoms with Gasteiger partial charge in [0, 0.05) is 57.9 Å². The van der Waals surface area contributed by atoms with E-state index in [0.717, 1.165) is 24.9 Å². The van der Waals surface area contributed by atoms with Crippen molar-refractivity contribution in [3.63, 3.8) is 0 Å². The zero-order chi connectivity index (χ0) is 33.3. The Balaban J connectivity index is 1.58. The Labute approximate surface area is 270 Å². The van der Waals surface area contributed by atoms with Crippen LogP contribution in [0.3, 0.4) is 0 Å². The van der Waals surface area contributed by atoms with E-state index < -0.39 is 29.6 Å². The second-order valence-electron chi connectivity index (χ2n) is 12.4. The summed E-state index contributed by atoms with van der Waals surface area (Å²) < 4.78 is 16.0. The topological polar surface area (TPSA) is 144 Å². The molecule has 13 heteroatoms. The number of nitrogens with one attached hydrogen (secondary N) is 1. The number of esters is 1. The van der Waals surface area contributed by atoms with Gasteiger partial charge in [-0.05, 0) is 47.0 Å². The van der Waals surface area contributed by atoms with Crippen LogP contribution >= 0.6 is 0 Å². The van der Waals surface area contributed by atoms with Gasteiger partial charge >= 0.3 is 12.1 Å². The van der Waals surface area contributed by atoms with E-state index in [1.54, 1.807) is 50.7 Å².